The van der Waals surface area contributed by atoms with E-state index >= 15 is 0 Å². The molecular weight excluding hydrogens is 288 g/mol. The number of benzene rings is 1. The number of carbonyl (C=O) groups is 2. The molecule has 0 bridgehead atoms. The van der Waals surface area contributed by atoms with Gasteiger partial charge in [0.2, 0.25) is 0 Å². The predicted octanol–water partition coefficient (Wildman–Crippen LogP) is 2.19. The van der Waals surface area contributed by atoms with E-state index in [0.717, 1.165) is 10.6 Å². The molecule has 110 valence electrons. The highest BCUT2D eigenvalue weighted by atomic mass is 32.1. The Bertz CT molecular complexity index is 652. The minimum atomic E-state index is -1.05. The van der Waals surface area contributed by atoms with Gasteiger partial charge in [0, 0.05) is 6.42 Å². The van der Waals surface area contributed by atoms with Gasteiger partial charge in [-0.3, -0.25) is 4.79 Å². The van der Waals surface area contributed by atoms with E-state index in [1.54, 1.807) is 6.92 Å². The fourth-order valence-corrected chi connectivity index (χ4v) is 2.84. The fourth-order valence-electron chi connectivity index (χ4n) is 2.02. The van der Waals surface area contributed by atoms with Crippen LogP contribution in [0.15, 0.2) is 30.3 Å². The number of rotatable bonds is 5. The van der Waals surface area contributed by atoms with Crippen LogP contribution in [0.25, 0.3) is 0 Å². The van der Waals surface area contributed by atoms with Crippen molar-refractivity contribution in [3.05, 3.63) is 51.5 Å². The summed E-state index contributed by atoms with van der Waals surface area (Å²) in [5.74, 6) is -1.44. The number of nitrogens with zero attached hydrogens (tertiary/aromatic N) is 1. The van der Waals surface area contributed by atoms with Gasteiger partial charge in [-0.25, -0.2) is 9.78 Å². The topological polar surface area (TPSA) is 79.3 Å². The Kier molecular flexibility index (Phi) is 4.70. The molecule has 1 heterocycles. The fraction of sp³-hybridized carbons (Fsp3) is 0.267. The Hall–Kier alpha value is -2.21. The molecule has 1 amide bonds. The summed E-state index contributed by atoms with van der Waals surface area (Å²) in [4.78, 5) is 28.2. The third-order valence-electron chi connectivity index (χ3n) is 3.00. The number of hydrogen-bond donors (Lipinski definition) is 2. The number of carbonyl (C=O) groups excluding carboxylic acids is 1. The third-order valence-corrected chi connectivity index (χ3v) is 4.07. The van der Waals surface area contributed by atoms with Gasteiger partial charge in [0.15, 0.2) is 0 Å². The maximum atomic E-state index is 12.2. The SMILES string of the molecule is Cc1nc(C)c(C(=O)NC(Cc2ccccc2)C(=O)O)s1. The van der Waals surface area contributed by atoms with Crippen LogP contribution in [0.3, 0.4) is 0 Å². The number of aryl methyl sites for hydroxylation is 2. The first-order valence-corrected chi connectivity index (χ1v) is 7.30. The lowest BCUT2D eigenvalue weighted by Gasteiger charge is -2.14. The highest BCUT2D eigenvalue weighted by Gasteiger charge is 2.23. The lowest BCUT2D eigenvalue weighted by atomic mass is 10.1. The number of hydrogen-bond acceptors (Lipinski definition) is 4. The molecule has 5 nitrogen and oxygen atoms in total. The Labute approximate surface area is 126 Å². The molecule has 6 heteroatoms. The molecule has 0 aliphatic carbocycles. The van der Waals surface area contributed by atoms with Gasteiger partial charge < -0.3 is 10.4 Å². The van der Waals surface area contributed by atoms with Crippen LogP contribution in [0.2, 0.25) is 0 Å². The third kappa shape index (κ3) is 3.88. The van der Waals surface area contributed by atoms with Gasteiger partial charge in [-0.15, -0.1) is 11.3 Å². The highest BCUT2D eigenvalue weighted by molar-refractivity contribution is 7.13. The van der Waals surface area contributed by atoms with Crippen LogP contribution in [0.4, 0.5) is 0 Å². The summed E-state index contributed by atoms with van der Waals surface area (Å²) in [5.41, 5.74) is 1.49. The number of amides is 1. The number of carboxylic acid groups (broad SMARTS) is 1. The van der Waals surface area contributed by atoms with Crippen molar-refractivity contribution in [2.24, 2.45) is 0 Å². The molecule has 2 N–H and O–H groups in total. The summed E-state index contributed by atoms with van der Waals surface area (Å²) in [6.45, 7) is 3.55. The molecule has 0 radical (unpaired) electrons. The average Bonchev–Trinajstić information content (AvgIpc) is 2.78. The average molecular weight is 304 g/mol. The van der Waals surface area contributed by atoms with E-state index in [2.05, 4.69) is 10.3 Å². The van der Waals surface area contributed by atoms with Crippen molar-refractivity contribution < 1.29 is 14.7 Å². The van der Waals surface area contributed by atoms with E-state index in [-0.39, 0.29) is 12.3 Å². The summed E-state index contributed by atoms with van der Waals surface area (Å²) in [5, 5.41) is 12.6. The summed E-state index contributed by atoms with van der Waals surface area (Å²) >= 11 is 1.27. The molecule has 1 atom stereocenters. The Morgan fingerprint density at radius 1 is 1.29 bits per heavy atom. The predicted molar refractivity (Wildman–Crippen MR) is 80.6 cm³/mol. The van der Waals surface area contributed by atoms with Crippen molar-refractivity contribution in [3.8, 4) is 0 Å². The van der Waals surface area contributed by atoms with Gasteiger partial charge in [0.1, 0.15) is 10.9 Å². The molecule has 0 saturated heterocycles. The lowest BCUT2D eigenvalue weighted by molar-refractivity contribution is -0.139. The van der Waals surface area contributed by atoms with Crippen molar-refractivity contribution >= 4 is 23.2 Å². The molecule has 21 heavy (non-hydrogen) atoms. The van der Waals surface area contributed by atoms with E-state index in [4.69, 9.17) is 0 Å². The molecule has 0 fully saturated rings. The molecule has 0 aliphatic heterocycles. The summed E-state index contributed by atoms with van der Waals surface area (Å²) < 4.78 is 0. The van der Waals surface area contributed by atoms with E-state index in [1.165, 1.54) is 11.3 Å². The van der Waals surface area contributed by atoms with E-state index in [0.29, 0.717) is 10.6 Å². The maximum Gasteiger partial charge on any atom is 0.326 e. The number of nitrogens with one attached hydrogen (secondary N) is 1. The van der Waals surface area contributed by atoms with Gasteiger partial charge in [-0.2, -0.15) is 0 Å². The normalized spacial score (nSPS) is 11.9. The minimum Gasteiger partial charge on any atom is -0.480 e. The van der Waals surface area contributed by atoms with Crippen molar-refractivity contribution in [1.29, 1.82) is 0 Å². The van der Waals surface area contributed by atoms with Crippen LogP contribution < -0.4 is 5.32 Å². The number of aromatic nitrogens is 1. The van der Waals surface area contributed by atoms with Crippen molar-refractivity contribution in [3.63, 3.8) is 0 Å². The molecular formula is C15H16N2O3S. The first-order valence-electron chi connectivity index (χ1n) is 6.49. The zero-order chi connectivity index (χ0) is 15.4. The minimum absolute atomic E-state index is 0.249. The van der Waals surface area contributed by atoms with Crippen molar-refractivity contribution in [2.45, 2.75) is 26.3 Å². The molecule has 0 aliphatic rings. The van der Waals surface area contributed by atoms with Gasteiger partial charge in [0.05, 0.1) is 10.7 Å². The van der Waals surface area contributed by atoms with Gasteiger partial charge in [0.25, 0.3) is 5.91 Å². The second-order valence-electron chi connectivity index (χ2n) is 4.70. The maximum absolute atomic E-state index is 12.2. The van der Waals surface area contributed by atoms with Gasteiger partial charge in [-0.1, -0.05) is 30.3 Å². The molecule has 1 unspecified atom stereocenters. The Morgan fingerprint density at radius 2 is 1.95 bits per heavy atom. The Balaban J connectivity index is 2.11. The van der Waals surface area contributed by atoms with Crippen LogP contribution in [0, 0.1) is 13.8 Å². The van der Waals surface area contributed by atoms with Crippen molar-refractivity contribution in [2.75, 3.05) is 0 Å². The second kappa shape index (κ2) is 6.49. The molecule has 0 spiro atoms. The quantitative estimate of drug-likeness (QED) is 0.887. The molecule has 0 saturated carbocycles. The lowest BCUT2D eigenvalue weighted by Crippen LogP contribution is -2.42. The van der Waals surface area contributed by atoms with Crippen molar-refractivity contribution in [1.82, 2.24) is 10.3 Å². The highest BCUT2D eigenvalue weighted by Crippen LogP contribution is 2.17. The second-order valence-corrected chi connectivity index (χ2v) is 5.90. The van der Waals surface area contributed by atoms with E-state index < -0.39 is 12.0 Å². The zero-order valence-electron chi connectivity index (χ0n) is 11.8. The monoisotopic (exact) mass is 304 g/mol. The van der Waals surface area contributed by atoms with Crippen LogP contribution in [0.1, 0.15) is 25.9 Å². The van der Waals surface area contributed by atoms with Crippen LogP contribution in [0.5, 0.6) is 0 Å². The number of carboxylic acids is 1. The van der Waals surface area contributed by atoms with Gasteiger partial charge in [-0.05, 0) is 19.4 Å². The van der Waals surface area contributed by atoms with E-state index in [1.807, 2.05) is 37.3 Å². The standard InChI is InChI=1S/C15H16N2O3S/c1-9-13(21-10(2)16-9)14(18)17-12(15(19)20)8-11-6-4-3-5-7-11/h3-7,12H,8H2,1-2H3,(H,17,18)(H,19,20). The first-order chi connectivity index (χ1) is 9.97. The molecule has 2 aromatic rings. The summed E-state index contributed by atoms with van der Waals surface area (Å²) in [6.07, 6.45) is 0.249. The van der Waals surface area contributed by atoms with Crippen LogP contribution in [-0.2, 0) is 11.2 Å². The Morgan fingerprint density at radius 3 is 2.48 bits per heavy atom. The van der Waals surface area contributed by atoms with Crippen LogP contribution in [-0.4, -0.2) is 28.0 Å². The zero-order valence-corrected chi connectivity index (χ0v) is 12.6. The molecule has 1 aromatic heterocycles. The number of aliphatic carboxylic acids is 1. The smallest absolute Gasteiger partial charge is 0.326 e. The van der Waals surface area contributed by atoms with Gasteiger partial charge >= 0.3 is 5.97 Å². The largest absolute Gasteiger partial charge is 0.480 e. The number of thiazole rings is 1. The molecule has 1 aromatic carbocycles. The van der Waals surface area contributed by atoms with E-state index in [9.17, 15) is 14.7 Å². The first kappa shape index (κ1) is 15.2. The summed E-state index contributed by atoms with van der Waals surface area (Å²) in [6, 6.07) is 8.26. The van der Waals surface area contributed by atoms with Crippen LogP contribution >= 0.6 is 11.3 Å². The molecule has 2 rings (SSSR count). The summed E-state index contributed by atoms with van der Waals surface area (Å²) in [7, 11) is 0.